The van der Waals surface area contributed by atoms with Gasteiger partial charge in [-0.3, -0.25) is 4.79 Å². The lowest BCUT2D eigenvalue weighted by atomic mass is 10.1. The summed E-state index contributed by atoms with van der Waals surface area (Å²) < 4.78 is 0. The number of rotatable bonds is 5. The van der Waals surface area contributed by atoms with E-state index >= 15 is 0 Å². The van der Waals surface area contributed by atoms with Crippen LogP contribution in [0.15, 0.2) is 48.5 Å². The maximum absolute atomic E-state index is 12.7. The Balaban J connectivity index is 2.23. The van der Waals surface area contributed by atoms with Gasteiger partial charge in [-0.2, -0.15) is 0 Å². The highest BCUT2D eigenvalue weighted by atomic mass is 79.9. The largest absolute Gasteiger partial charge is 0.333 e. The van der Waals surface area contributed by atoms with Crippen molar-refractivity contribution >= 4 is 33.4 Å². The molecule has 0 aromatic heterocycles. The quantitative estimate of drug-likeness (QED) is 0.703. The molecule has 0 atom stereocenters. The number of alkyl halides is 1. The van der Waals surface area contributed by atoms with E-state index in [0.29, 0.717) is 23.7 Å². The molecule has 0 heterocycles. The Morgan fingerprint density at radius 3 is 2.52 bits per heavy atom. The van der Waals surface area contributed by atoms with Crippen LogP contribution >= 0.6 is 27.5 Å². The third-order valence-electron chi connectivity index (χ3n) is 3.21. The van der Waals surface area contributed by atoms with Crippen molar-refractivity contribution in [1.82, 2.24) is 4.90 Å². The second-order valence-corrected chi connectivity index (χ2v) is 6.08. The summed E-state index contributed by atoms with van der Waals surface area (Å²) >= 11 is 9.62. The number of aryl methyl sites for hydroxylation is 1. The highest BCUT2D eigenvalue weighted by molar-refractivity contribution is 9.09. The normalized spacial score (nSPS) is 10.4. The predicted octanol–water partition coefficient (Wildman–Crippen LogP) is 4.69. The number of halogens is 2. The van der Waals surface area contributed by atoms with Crippen LogP contribution in [-0.2, 0) is 6.54 Å². The Hall–Kier alpha value is -1.32. The Labute approximate surface area is 138 Å². The number of nitrogens with zero attached hydrogens (tertiary/aromatic N) is 1. The molecule has 4 heteroatoms. The molecule has 2 aromatic carbocycles. The molecule has 0 spiro atoms. The summed E-state index contributed by atoms with van der Waals surface area (Å²) in [6.07, 6.45) is 0. The van der Waals surface area contributed by atoms with Gasteiger partial charge in [0.05, 0.1) is 10.6 Å². The zero-order valence-electron chi connectivity index (χ0n) is 11.9. The van der Waals surface area contributed by atoms with Crippen molar-refractivity contribution in [3.8, 4) is 0 Å². The van der Waals surface area contributed by atoms with E-state index in [1.807, 2.05) is 49.4 Å². The average molecular weight is 367 g/mol. The van der Waals surface area contributed by atoms with E-state index in [1.54, 1.807) is 11.0 Å². The summed E-state index contributed by atoms with van der Waals surface area (Å²) in [4.78, 5) is 14.5. The predicted molar refractivity (Wildman–Crippen MR) is 91.2 cm³/mol. The molecule has 0 aliphatic carbocycles. The maximum Gasteiger partial charge on any atom is 0.255 e. The maximum atomic E-state index is 12.7. The molecule has 0 N–H and O–H groups in total. The van der Waals surface area contributed by atoms with Gasteiger partial charge in [-0.1, -0.05) is 63.9 Å². The molecule has 0 fully saturated rings. The van der Waals surface area contributed by atoms with Crippen LogP contribution in [0, 0.1) is 6.92 Å². The molecule has 0 bridgehead atoms. The number of benzene rings is 2. The van der Waals surface area contributed by atoms with Crippen molar-refractivity contribution in [1.29, 1.82) is 0 Å². The third-order valence-corrected chi connectivity index (χ3v) is 3.88. The van der Waals surface area contributed by atoms with Crippen LogP contribution in [0.3, 0.4) is 0 Å². The summed E-state index contributed by atoms with van der Waals surface area (Å²) in [5, 5.41) is 1.24. The minimum atomic E-state index is -0.0386. The Morgan fingerprint density at radius 2 is 1.90 bits per heavy atom. The number of amides is 1. The van der Waals surface area contributed by atoms with Crippen molar-refractivity contribution in [3.05, 3.63) is 70.2 Å². The highest BCUT2D eigenvalue weighted by Crippen LogP contribution is 2.20. The van der Waals surface area contributed by atoms with E-state index in [-0.39, 0.29) is 5.91 Å². The molecule has 0 unspecified atom stereocenters. The molecule has 0 radical (unpaired) electrons. The van der Waals surface area contributed by atoms with Crippen LogP contribution in [0.5, 0.6) is 0 Å². The molecule has 2 nitrogen and oxygen atoms in total. The lowest BCUT2D eigenvalue weighted by Crippen LogP contribution is -2.32. The Bertz CT molecular complexity index is 615. The first-order valence-corrected chi connectivity index (χ1v) is 8.27. The van der Waals surface area contributed by atoms with Gasteiger partial charge in [-0.15, -0.1) is 0 Å². The number of carbonyl (C=O) groups excluding carboxylic acids is 1. The van der Waals surface area contributed by atoms with E-state index in [4.69, 9.17) is 11.6 Å². The van der Waals surface area contributed by atoms with E-state index in [0.717, 1.165) is 16.5 Å². The number of carbonyl (C=O) groups is 1. The van der Waals surface area contributed by atoms with Crippen molar-refractivity contribution < 1.29 is 4.79 Å². The van der Waals surface area contributed by atoms with Crippen molar-refractivity contribution in [2.75, 3.05) is 11.9 Å². The fourth-order valence-corrected chi connectivity index (χ4v) is 2.87. The monoisotopic (exact) mass is 365 g/mol. The minimum Gasteiger partial charge on any atom is -0.333 e. The fourth-order valence-electron chi connectivity index (χ4n) is 2.12. The second-order valence-electron chi connectivity index (χ2n) is 4.88. The highest BCUT2D eigenvalue weighted by Gasteiger charge is 2.18. The summed E-state index contributed by atoms with van der Waals surface area (Å²) in [6, 6.07) is 15.5. The van der Waals surface area contributed by atoms with Gasteiger partial charge >= 0.3 is 0 Å². The number of hydrogen-bond donors (Lipinski definition) is 0. The van der Waals surface area contributed by atoms with Gasteiger partial charge < -0.3 is 4.90 Å². The molecule has 1 amide bonds. The summed E-state index contributed by atoms with van der Waals surface area (Å²) in [5.41, 5.74) is 2.71. The van der Waals surface area contributed by atoms with Gasteiger partial charge in [0.15, 0.2) is 0 Å². The van der Waals surface area contributed by atoms with Crippen molar-refractivity contribution in [2.45, 2.75) is 13.5 Å². The molecular formula is C17H17BrClNO. The molecule has 0 aliphatic heterocycles. The average Bonchev–Trinajstić information content (AvgIpc) is 2.47. The van der Waals surface area contributed by atoms with Crippen LogP contribution in [0.4, 0.5) is 0 Å². The van der Waals surface area contributed by atoms with Gasteiger partial charge in [0.1, 0.15) is 0 Å². The zero-order chi connectivity index (χ0) is 15.2. The second kappa shape index (κ2) is 7.62. The Morgan fingerprint density at radius 1 is 1.19 bits per heavy atom. The molecule has 110 valence electrons. The van der Waals surface area contributed by atoms with E-state index in [2.05, 4.69) is 15.9 Å². The van der Waals surface area contributed by atoms with Crippen LogP contribution in [0.25, 0.3) is 0 Å². The topological polar surface area (TPSA) is 20.3 Å². The summed E-state index contributed by atoms with van der Waals surface area (Å²) in [6.45, 7) is 3.17. The third kappa shape index (κ3) is 4.32. The number of hydrogen-bond acceptors (Lipinski definition) is 1. The van der Waals surface area contributed by atoms with Crippen molar-refractivity contribution in [3.63, 3.8) is 0 Å². The van der Waals surface area contributed by atoms with Gasteiger partial charge in [0.25, 0.3) is 5.91 Å². The van der Waals surface area contributed by atoms with Gasteiger partial charge in [-0.05, 0) is 30.2 Å². The lowest BCUT2D eigenvalue weighted by Gasteiger charge is -2.22. The Kier molecular flexibility index (Phi) is 5.83. The molecule has 0 saturated heterocycles. The van der Waals surface area contributed by atoms with Crippen molar-refractivity contribution in [2.24, 2.45) is 0 Å². The first-order chi connectivity index (χ1) is 10.1. The van der Waals surface area contributed by atoms with Gasteiger partial charge in [-0.25, -0.2) is 0 Å². The summed E-state index contributed by atoms with van der Waals surface area (Å²) in [5.74, 6) is -0.0386. The molecule has 2 rings (SSSR count). The standard InChI is InChI=1S/C17H17BrClNO/c1-13-7-8-15(16(19)11-13)17(21)20(10-9-18)12-14-5-3-2-4-6-14/h2-8,11H,9-10,12H2,1H3. The van der Waals surface area contributed by atoms with E-state index in [9.17, 15) is 4.79 Å². The summed E-state index contributed by atoms with van der Waals surface area (Å²) in [7, 11) is 0. The van der Waals surface area contributed by atoms with E-state index < -0.39 is 0 Å². The molecule has 0 aliphatic rings. The van der Waals surface area contributed by atoms with Gasteiger partial charge in [0, 0.05) is 18.4 Å². The first-order valence-electron chi connectivity index (χ1n) is 6.77. The van der Waals surface area contributed by atoms with Crippen LogP contribution in [0.1, 0.15) is 21.5 Å². The molecule has 0 saturated carbocycles. The first kappa shape index (κ1) is 16.1. The minimum absolute atomic E-state index is 0.0386. The lowest BCUT2D eigenvalue weighted by molar-refractivity contribution is 0.0755. The smallest absolute Gasteiger partial charge is 0.255 e. The van der Waals surface area contributed by atoms with Crippen LogP contribution in [-0.4, -0.2) is 22.7 Å². The molecule has 2 aromatic rings. The van der Waals surface area contributed by atoms with Crippen LogP contribution < -0.4 is 0 Å². The van der Waals surface area contributed by atoms with Gasteiger partial charge in [0.2, 0.25) is 0 Å². The fraction of sp³-hybridized carbons (Fsp3) is 0.235. The SMILES string of the molecule is Cc1ccc(C(=O)N(CCBr)Cc2ccccc2)c(Cl)c1. The molecular weight excluding hydrogens is 350 g/mol. The van der Waals surface area contributed by atoms with E-state index in [1.165, 1.54) is 0 Å². The molecule has 21 heavy (non-hydrogen) atoms. The van der Waals surface area contributed by atoms with Crippen LogP contribution in [0.2, 0.25) is 5.02 Å². The zero-order valence-corrected chi connectivity index (χ0v) is 14.2.